The molecular weight excluding hydrogens is 326 g/mol. The third-order valence-electron chi connectivity index (χ3n) is 4.89. The van der Waals surface area contributed by atoms with Crippen LogP contribution in [0.15, 0.2) is 61.3 Å². The third-order valence-corrected chi connectivity index (χ3v) is 4.89. The lowest BCUT2D eigenvalue weighted by atomic mass is 9.96. The van der Waals surface area contributed by atoms with E-state index < -0.39 is 0 Å². The first-order valence-corrected chi connectivity index (χ1v) is 8.93. The maximum atomic E-state index is 12.5. The van der Waals surface area contributed by atoms with Crippen LogP contribution < -0.4 is 0 Å². The Morgan fingerprint density at radius 3 is 2.58 bits per heavy atom. The average molecular weight is 347 g/mol. The van der Waals surface area contributed by atoms with Gasteiger partial charge in [0.1, 0.15) is 11.5 Å². The molecule has 0 spiro atoms. The summed E-state index contributed by atoms with van der Waals surface area (Å²) in [6.07, 6.45) is 10.5. The molecule has 0 radical (unpaired) electrons. The molecular formula is C20H21N5O. The zero-order chi connectivity index (χ0) is 17.8. The van der Waals surface area contributed by atoms with Gasteiger partial charge in [-0.2, -0.15) is 0 Å². The summed E-state index contributed by atoms with van der Waals surface area (Å²) < 4.78 is 2.22. The van der Waals surface area contributed by atoms with E-state index >= 15 is 0 Å². The van der Waals surface area contributed by atoms with Crippen LogP contribution in [0.3, 0.4) is 0 Å². The standard InChI is InChI=1S/C20H21N5O/c26-20(18-14-21-8-9-22-18)24-11-6-16(7-12-24)15-25-13-10-23-19(25)17-4-2-1-3-5-17/h1-5,8-10,13-14,16H,6-7,11-12,15H2. The van der Waals surface area contributed by atoms with Gasteiger partial charge in [0.2, 0.25) is 0 Å². The molecule has 0 saturated carbocycles. The van der Waals surface area contributed by atoms with Crippen molar-refractivity contribution in [3.8, 4) is 11.4 Å². The summed E-state index contributed by atoms with van der Waals surface area (Å²) in [4.78, 5) is 27.0. The molecule has 0 atom stereocenters. The smallest absolute Gasteiger partial charge is 0.274 e. The Labute approximate surface area is 152 Å². The molecule has 1 aliphatic heterocycles. The second-order valence-electron chi connectivity index (χ2n) is 6.60. The highest BCUT2D eigenvalue weighted by atomic mass is 16.2. The van der Waals surface area contributed by atoms with Gasteiger partial charge in [0.25, 0.3) is 5.91 Å². The molecule has 4 rings (SSSR count). The minimum absolute atomic E-state index is 0.0239. The number of hydrogen-bond donors (Lipinski definition) is 0. The Hall–Kier alpha value is -3.02. The molecule has 6 heteroatoms. The first kappa shape index (κ1) is 16.4. The van der Waals surface area contributed by atoms with Gasteiger partial charge in [-0.3, -0.25) is 9.78 Å². The number of nitrogens with zero attached hydrogens (tertiary/aromatic N) is 5. The van der Waals surface area contributed by atoms with Crippen LogP contribution in [0.1, 0.15) is 23.3 Å². The molecule has 0 unspecified atom stereocenters. The van der Waals surface area contributed by atoms with E-state index in [0.29, 0.717) is 11.6 Å². The largest absolute Gasteiger partial charge is 0.337 e. The van der Waals surface area contributed by atoms with Gasteiger partial charge in [-0.05, 0) is 18.8 Å². The molecule has 0 bridgehead atoms. The van der Waals surface area contributed by atoms with Gasteiger partial charge in [0.15, 0.2) is 0 Å². The van der Waals surface area contributed by atoms with Crippen LogP contribution in [0.25, 0.3) is 11.4 Å². The van der Waals surface area contributed by atoms with Crippen molar-refractivity contribution in [2.45, 2.75) is 19.4 Å². The van der Waals surface area contributed by atoms with Crippen LogP contribution in [-0.4, -0.2) is 43.4 Å². The van der Waals surface area contributed by atoms with Crippen LogP contribution in [-0.2, 0) is 6.54 Å². The van der Waals surface area contributed by atoms with Gasteiger partial charge >= 0.3 is 0 Å². The lowest BCUT2D eigenvalue weighted by Gasteiger charge is -2.32. The molecule has 1 fully saturated rings. The van der Waals surface area contributed by atoms with Crippen LogP contribution in [0, 0.1) is 5.92 Å². The summed E-state index contributed by atoms with van der Waals surface area (Å²) in [6.45, 7) is 2.45. The van der Waals surface area contributed by atoms with Crippen molar-refractivity contribution in [2.75, 3.05) is 13.1 Å². The molecule has 1 saturated heterocycles. The fourth-order valence-corrected chi connectivity index (χ4v) is 3.47. The van der Waals surface area contributed by atoms with Crippen molar-refractivity contribution >= 4 is 5.91 Å². The lowest BCUT2D eigenvalue weighted by molar-refractivity contribution is 0.0676. The van der Waals surface area contributed by atoms with E-state index in [1.54, 1.807) is 12.4 Å². The molecule has 3 aromatic rings. The number of hydrogen-bond acceptors (Lipinski definition) is 4. The normalized spacial score (nSPS) is 15.2. The number of likely N-dealkylation sites (tertiary alicyclic amines) is 1. The van der Waals surface area contributed by atoms with Gasteiger partial charge in [-0.15, -0.1) is 0 Å². The SMILES string of the molecule is O=C(c1cnccn1)N1CCC(Cn2ccnc2-c2ccccc2)CC1. The zero-order valence-electron chi connectivity index (χ0n) is 14.5. The van der Waals surface area contributed by atoms with E-state index in [1.165, 1.54) is 6.20 Å². The van der Waals surface area contributed by atoms with E-state index in [9.17, 15) is 4.79 Å². The summed E-state index contributed by atoms with van der Waals surface area (Å²) in [5.41, 5.74) is 1.56. The number of imidazole rings is 1. The van der Waals surface area contributed by atoms with Gasteiger partial charge in [-0.25, -0.2) is 9.97 Å². The summed E-state index contributed by atoms with van der Waals surface area (Å²) >= 11 is 0. The predicted octanol–water partition coefficient (Wildman–Crippen LogP) is 2.89. The monoisotopic (exact) mass is 347 g/mol. The maximum absolute atomic E-state index is 12.5. The summed E-state index contributed by atoms with van der Waals surface area (Å²) in [5.74, 6) is 1.52. The molecule has 1 aliphatic rings. The van der Waals surface area contributed by atoms with Crippen molar-refractivity contribution in [1.82, 2.24) is 24.4 Å². The molecule has 3 heterocycles. The van der Waals surface area contributed by atoms with E-state index in [4.69, 9.17) is 0 Å². The highest BCUT2D eigenvalue weighted by Crippen LogP contribution is 2.23. The second-order valence-corrected chi connectivity index (χ2v) is 6.60. The number of carbonyl (C=O) groups is 1. The Bertz CT molecular complexity index is 854. The van der Waals surface area contributed by atoms with Crippen molar-refractivity contribution in [2.24, 2.45) is 5.92 Å². The third kappa shape index (κ3) is 3.49. The van der Waals surface area contributed by atoms with Gasteiger partial charge < -0.3 is 9.47 Å². The number of rotatable bonds is 4. The van der Waals surface area contributed by atoms with Crippen LogP contribution >= 0.6 is 0 Å². The van der Waals surface area contributed by atoms with E-state index in [-0.39, 0.29) is 5.91 Å². The summed E-state index contributed by atoms with van der Waals surface area (Å²) in [7, 11) is 0. The number of amides is 1. The van der Waals surface area contributed by atoms with E-state index in [2.05, 4.69) is 31.7 Å². The molecule has 1 amide bonds. The van der Waals surface area contributed by atoms with E-state index in [0.717, 1.165) is 43.9 Å². The second kappa shape index (κ2) is 7.47. The van der Waals surface area contributed by atoms with Gasteiger partial charge in [0.05, 0.1) is 6.20 Å². The van der Waals surface area contributed by atoms with E-state index in [1.807, 2.05) is 35.5 Å². The number of piperidine rings is 1. The summed E-state index contributed by atoms with van der Waals surface area (Å²) in [6, 6.07) is 10.2. The highest BCUT2D eigenvalue weighted by molar-refractivity contribution is 5.92. The lowest BCUT2D eigenvalue weighted by Crippen LogP contribution is -2.39. The van der Waals surface area contributed by atoms with Gasteiger partial charge in [-0.1, -0.05) is 30.3 Å². The Kier molecular flexibility index (Phi) is 4.73. The predicted molar refractivity (Wildman–Crippen MR) is 98.3 cm³/mol. The molecule has 26 heavy (non-hydrogen) atoms. The molecule has 1 aromatic carbocycles. The Balaban J connectivity index is 1.38. The van der Waals surface area contributed by atoms with Gasteiger partial charge in [0, 0.05) is 50.0 Å². The fraction of sp³-hybridized carbons (Fsp3) is 0.300. The molecule has 6 nitrogen and oxygen atoms in total. The van der Waals surface area contributed by atoms with Crippen LogP contribution in [0.4, 0.5) is 0 Å². The van der Waals surface area contributed by atoms with Crippen molar-refractivity contribution in [1.29, 1.82) is 0 Å². The topological polar surface area (TPSA) is 63.9 Å². The minimum Gasteiger partial charge on any atom is -0.337 e. The average Bonchev–Trinajstić information content (AvgIpc) is 3.17. The van der Waals surface area contributed by atoms with Crippen LogP contribution in [0.2, 0.25) is 0 Å². The first-order valence-electron chi connectivity index (χ1n) is 8.93. The minimum atomic E-state index is -0.0239. The van der Waals surface area contributed by atoms with Crippen LogP contribution in [0.5, 0.6) is 0 Å². The van der Waals surface area contributed by atoms with Crippen molar-refractivity contribution in [3.63, 3.8) is 0 Å². The Morgan fingerprint density at radius 2 is 1.85 bits per heavy atom. The zero-order valence-corrected chi connectivity index (χ0v) is 14.5. The number of aromatic nitrogens is 4. The number of benzene rings is 1. The molecule has 2 aromatic heterocycles. The highest BCUT2D eigenvalue weighted by Gasteiger charge is 2.25. The first-order chi connectivity index (χ1) is 12.8. The molecule has 0 N–H and O–H groups in total. The maximum Gasteiger partial charge on any atom is 0.274 e. The van der Waals surface area contributed by atoms with Crippen molar-refractivity contribution < 1.29 is 4.79 Å². The fourth-order valence-electron chi connectivity index (χ4n) is 3.47. The number of carbonyl (C=O) groups excluding carboxylic acids is 1. The quantitative estimate of drug-likeness (QED) is 0.728. The van der Waals surface area contributed by atoms with Crippen molar-refractivity contribution in [3.05, 3.63) is 67.0 Å². The summed E-state index contributed by atoms with van der Waals surface area (Å²) in [5, 5.41) is 0. The molecule has 0 aliphatic carbocycles. The Morgan fingerprint density at radius 1 is 1.04 bits per heavy atom. The molecule has 132 valence electrons.